The van der Waals surface area contributed by atoms with Crippen molar-refractivity contribution in [1.82, 2.24) is 9.46 Å². The highest BCUT2D eigenvalue weighted by Gasteiger charge is 2.29. The van der Waals surface area contributed by atoms with Gasteiger partial charge in [-0.3, -0.25) is 9.59 Å². The van der Waals surface area contributed by atoms with Crippen LogP contribution in [0.2, 0.25) is 0 Å². The molecule has 0 atom stereocenters. The van der Waals surface area contributed by atoms with Crippen LogP contribution in [-0.2, 0) is 19.6 Å². The minimum Gasteiger partial charge on any atom is -0.480 e. The Kier molecular flexibility index (Phi) is 5.51. The second-order valence-electron chi connectivity index (χ2n) is 6.28. The molecule has 8 nitrogen and oxygen atoms in total. The van der Waals surface area contributed by atoms with Crippen LogP contribution in [0.3, 0.4) is 0 Å². The Bertz CT molecular complexity index is 1150. The van der Waals surface area contributed by atoms with Gasteiger partial charge in [-0.15, -0.1) is 0 Å². The molecule has 0 aliphatic heterocycles. The van der Waals surface area contributed by atoms with Crippen molar-refractivity contribution in [2.45, 2.75) is 18.7 Å². The van der Waals surface area contributed by atoms with Crippen LogP contribution in [0.15, 0.2) is 64.0 Å². The summed E-state index contributed by atoms with van der Waals surface area (Å²) in [6.07, 6.45) is 0. The third kappa shape index (κ3) is 4.04. The van der Waals surface area contributed by atoms with Crippen molar-refractivity contribution in [3.05, 3.63) is 60.4 Å². The summed E-state index contributed by atoms with van der Waals surface area (Å²) in [6.45, 7) is 1.81. The maximum absolute atomic E-state index is 12.7. The molecule has 150 valence electrons. The molecular weight excluding hydrogens is 396 g/mol. The van der Waals surface area contributed by atoms with E-state index in [0.717, 1.165) is 12.5 Å². The highest BCUT2D eigenvalue weighted by atomic mass is 32.2. The molecule has 0 aliphatic rings. The van der Waals surface area contributed by atoms with Crippen LogP contribution in [-0.4, -0.2) is 41.4 Å². The van der Waals surface area contributed by atoms with E-state index in [-0.39, 0.29) is 4.90 Å². The number of hydrogen-bond acceptors (Lipinski definition) is 6. The van der Waals surface area contributed by atoms with Gasteiger partial charge in [-0.25, -0.2) is 12.7 Å². The minimum absolute atomic E-state index is 0.187. The van der Waals surface area contributed by atoms with Gasteiger partial charge in [0.25, 0.3) is 10.0 Å². The molecule has 1 heterocycles. The Morgan fingerprint density at radius 3 is 2.21 bits per heavy atom. The lowest BCUT2D eigenvalue weighted by Gasteiger charge is -2.19. The van der Waals surface area contributed by atoms with E-state index in [1.54, 1.807) is 19.1 Å². The zero-order valence-corrected chi connectivity index (χ0v) is 16.5. The maximum atomic E-state index is 12.7. The van der Waals surface area contributed by atoms with Crippen LogP contribution in [0.5, 0.6) is 0 Å². The monoisotopic (exact) mass is 414 g/mol. The average Bonchev–Trinajstić information content (AvgIpc) is 3.08. The molecule has 0 bridgehead atoms. The van der Waals surface area contributed by atoms with E-state index in [1.807, 2.05) is 30.3 Å². The first-order chi connectivity index (χ1) is 13.7. The van der Waals surface area contributed by atoms with Gasteiger partial charge >= 0.3 is 5.97 Å². The number of rotatable bonds is 6. The van der Waals surface area contributed by atoms with E-state index in [4.69, 9.17) is 9.63 Å². The summed E-state index contributed by atoms with van der Waals surface area (Å²) in [6, 6.07) is 15.2. The van der Waals surface area contributed by atoms with E-state index in [9.17, 15) is 18.0 Å². The summed E-state index contributed by atoms with van der Waals surface area (Å²) in [4.78, 5) is 22.4. The van der Waals surface area contributed by atoms with Gasteiger partial charge in [-0.1, -0.05) is 47.6 Å². The molecule has 0 spiro atoms. The molecule has 0 radical (unpaired) electrons. The molecule has 29 heavy (non-hydrogen) atoms. The van der Waals surface area contributed by atoms with E-state index < -0.39 is 28.4 Å². The molecule has 1 aromatic heterocycles. The number of aromatic nitrogens is 1. The topological polar surface area (TPSA) is 118 Å². The number of carbonyl (C=O) groups excluding carboxylic acids is 1. The van der Waals surface area contributed by atoms with Crippen molar-refractivity contribution in [1.29, 1.82) is 0 Å². The number of amides is 1. The molecule has 3 rings (SSSR count). The lowest BCUT2D eigenvalue weighted by atomic mass is 10.00. The largest absolute Gasteiger partial charge is 0.480 e. The van der Waals surface area contributed by atoms with Gasteiger partial charge < -0.3 is 9.63 Å². The first-order valence-electron chi connectivity index (χ1n) is 8.59. The van der Waals surface area contributed by atoms with Gasteiger partial charge in [0.05, 0.1) is 10.5 Å². The number of benzene rings is 2. The fourth-order valence-electron chi connectivity index (χ4n) is 2.91. The zero-order valence-electron chi connectivity index (χ0n) is 15.7. The molecule has 0 saturated heterocycles. The quantitative estimate of drug-likeness (QED) is 0.659. The van der Waals surface area contributed by atoms with E-state index in [1.165, 1.54) is 12.1 Å². The van der Waals surface area contributed by atoms with Gasteiger partial charge in [0.1, 0.15) is 18.0 Å². The predicted octanol–water partition coefficient (Wildman–Crippen LogP) is 2.94. The van der Waals surface area contributed by atoms with Crippen LogP contribution in [0.25, 0.3) is 22.4 Å². The number of aryl methyl sites for hydroxylation is 1. The lowest BCUT2D eigenvalue weighted by molar-refractivity contribution is -0.140. The molecule has 0 aliphatic carbocycles. The van der Waals surface area contributed by atoms with Crippen LogP contribution >= 0.6 is 0 Å². The normalized spacial score (nSPS) is 11.2. The predicted molar refractivity (Wildman–Crippen MR) is 104 cm³/mol. The number of carboxylic acid groups (broad SMARTS) is 1. The number of aliphatic carboxylic acids is 1. The molecule has 1 amide bonds. The summed E-state index contributed by atoms with van der Waals surface area (Å²) in [5, 5.41) is 13.0. The number of nitrogens with zero attached hydrogens (tertiary/aromatic N) is 2. The minimum atomic E-state index is -4.29. The fourth-order valence-corrected chi connectivity index (χ4v) is 4.27. The van der Waals surface area contributed by atoms with Crippen molar-refractivity contribution in [3.63, 3.8) is 0 Å². The Morgan fingerprint density at radius 1 is 1.03 bits per heavy atom. The third-order valence-corrected chi connectivity index (χ3v) is 6.11. The van der Waals surface area contributed by atoms with Gasteiger partial charge in [-0.05, 0) is 24.6 Å². The van der Waals surface area contributed by atoms with Crippen LogP contribution < -0.4 is 0 Å². The van der Waals surface area contributed by atoms with E-state index in [0.29, 0.717) is 26.9 Å². The second kappa shape index (κ2) is 7.88. The standard InChI is InChI=1S/C20H18N2O6S/c1-13-19(20(21-28-13)16-6-4-3-5-7-16)15-8-10-17(11-9-15)29(26,27)22(14(2)23)12-18(24)25/h3-11H,12H2,1-2H3,(H,24,25). The molecule has 0 unspecified atom stereocenters. The molecule has 2 aromatic carbocycles. The van der Waals surface area contributed by atoms with Gasteiger partial charge in [-0.2, -0.15) is 0 Å². The molecular formula is C20H18N2O6S. The molecule has 1 N–H and O–H groups in total. The van der Waals surface area contributed by atoms with Crippen molar-refractivity contribution < 1.29 is 27.6 Å². The first-order valence-corrected chi connectivity index (χ1v) is 10.0. The first kappa shape index (κ1) is 20.3. The number of carbonyl (C=O) groups is 2. The Balaban J connectivity index is 2.01. The summed E-state index contributed by atoms with van der Waals surface area (Å²) in [5.41, 5.74) is 2.86. The third-order valence-electron chi connectivity index (χ3n) is 4.27. The second-order valence-corrected chi connectivity index (χ2v) is 8.14. The molecule has 3 aromatic rings. The zero-order chi connectivity index (χ0) is 21.2. The summed E-state index contributed by atoms with van der Waals surface area (Å²) in [5.74, 6) is -1.73. The van der Waals surface area contributed by atoms with Crippen molar-refractivity contribution in [2.75, 3.05) is 6.54 Å². The lowest BCUT2D eigenvalue weighted by Crippen LogP contribution is -2.39. The van der Waals surface area contributed by atoms with Crippen molar-refractivity contribution in [3.8, 4) is 22.4 Å². The average molecular weight is 414 g/mol. The highest BCUT2D eigenvalue weighted by molar-refractivity contribution is 7.89. The van der Waals surface area contributed by atoms with Gasteiger partial charge in [0, 0.05) is 12.5 Å². The molecule has 0 fully saturated rings. The fraction of sp³-hybridized carbons (Fsp3) is 0.150. The Morgan fingerprint density at radius 2 is 1.66 bits per heavy atom. The molecule has 0 saturated carbocycles. The molecule has 9 heteroatoms. The van der Waals surface area contributed by atoms with E-state index in [2.05, 4.69) is 5.16 Å². The number of hydrogen-bond donors (Lipinski definition) is 1. The smallest absolute Gasteiger partial charge is 0.324 e. The van der Waals surface area contributed by atoms with Crippen LogP contribution in [0.1, 0.15) is 12.7 Å². The van der Waals surface area contributed by atoms with E-state index >= 15 is 0 Å². The summed E-state index contributed by atoms with van der Waals surface area (Å²) < 4.78 is 31.0. The summed E-state index contributed by atoms with van der Waals surface area (Å²) in [7, 11) is -4.29. The van der Waals surface area contributed by atoms with Crippen molar-refractivity contribution in [2.24, 2.45) is 0 Å². The number of sulfonamides is 1. The van der Waals surface area contributed by atoms with Crippen molar-refractivity contribution >= 4 is 21.9 Å². The van der Waals surface area contributed by atoms with Gasteiger partial charge in [0.2, 0.25) is 5.91 Å². The van der Waals surface area contributed by atoms with Crippen LogP contribution in [0.4, 0.5) is 0 Å². The van der Waals surface area contributed by atoms with Gasteiger partial charge in [0.15, 0.2) is 0 Å². The Labute approximate surface area is 167 Å². The van der Waals surface area contributed by atoms with Crippen LogP contribution in [0, 0.1) is 6.92 Å². The maximum Gasteiger partial charge on any atom is 0.324 e. The highest BCUT2D eigenvalue weighted by Crippen LogP contribution is 2.34. The SMILES string of the molecule is CC(=O)N(CC(=O)O)S(=O)(=O)c1ccc(-c2c(-c3ccccc3)noc2C)cc1. The summed E-state index contributed by atoms with van der Waals surface area (Å²) >= 11 is 0. The Hall–Kier alpha value is -3.46. The number of carboxylic acids is 1.